The molecular formula is C18H17ClN4O2S. The second-order valence-electron chi connectivity index (χ2n) is 5.28. The minimum absolute atomic E-state index is 0.0847. The third-order valence-corrected chi connectivity index (χ3v) is 4.95. The molecule has 8 heteroatoms. The quantitative estimate of drug-likeness (QED) is 0.655. The normalized spacial score (nSPS) is 10.6. The van der Waals surface area contributed by atoms with E-state index in [0.717, 1.165) is 17.0 Å². The van der Waals surface area contributed by atoms with Crippen LogP contribution in [0.4, 0.5) is 0 Å². The number of benzene rings is 2. The van der Waals surface area contributed by atoms with Gasteiger partial charge < -0.3 is 10.1 Å². The van der Waals surface area contributed by atoms with Crippen LogP contribution in [0.5, 0.6) is 5.75 Å². The Morgan fingerprint density at radius 2 is 1.92 bits per heavy atom. The average Bonchev–Trinajstić information content (AvgIpc) is 3.10. The topological polar surface area (TPSA) is 69.0 Å². The van der Waals surface area contributed by atoms with E-state index in [1.807, 2.05) is 47.0 Å². The van der Waals surface area contributed by atoms with Gasteiger partial charge in [-0.25, -0.2) is 0 Å². The number of hydrogen-bond donors (Lipinski definition) is 1. The van der Waals surface area contributed by atoms with Gasteiger partial charge in [0.05, 0.1) is 17.9 Å². The second-order valence-corrected chi connectivity index (χ2v) is 6.63. The van der Waals surface area contributed by atoms with Crippen LogP contribution in [0.15, 0.2) is 53.7 Å². The Bertz CT molecular complexity index is 912. The summed E-state index contributed by atoms with van der Waals surface area (Å²) in [6.07, 6.45) is 0. The number of amides is 1. The zero-order chi connectivity index (χ0) is 18.5. The first-order valence-electron chi connectivity index (χ1n) is 7.82. The number of halogens is 1. The lowest BCUT2D eigenvalue weighted by molar-refractivity contribution is -0.118. The first kappa shape index (κ1) is 18.3. The molecule has 0 unspecified atom stereocenters. The summed E-state index contributed by atoms with van der Waals surface area (Å²) in [5.41, 5.74) is 1.62. The Labute approximate surface area is 160 Å². The summed E-state index contributed by atoms with van der Waals surface area (Å²) in [4.78, 5) is 11.6. The molecule has 0 aliphatic heterocycles. The average molecular weight is 389 g/mol. The van der Waals surface area contributed by atoms with Crippen molar-refractivity contribution in [2.45, 2.75) is 5.16 Å². The number of rotatable bonds is 6. The van der Waals surface area contributed by atoms with Crippen LogP contribution in [0.3, 0.4) is 0 Å². The van der Waals surface area contributed by atoms with Gasteiger partial charge in [-0.3, -0.25) is 9.36 Å². The van der Waals surface area contributed by atoms with Crippen molar-refractivity contribution in [3.63, 3.8) is 0 Å². The fraction of sp³-hybridized carbons (Fsp3) is 0.167. The van der Waals surface area contributed by atoms with Crippen LogP contribution >= 0.6 is 23.4 Å². The SMILES string of the molecule is CNC(=O)CSc1nnc(-c2ccccc2Cl)n1-c1ccc(OC)cc1. The van der Waals surface area contributed by atoms with Crippen LogP contribution in [-0.4, -0.2) is 40.6 Å². The van der Waals surface area contributed by atoms with Gasteiger partial charge >= 0.3 is 0 Å². The van der Waals surface area contributed by atoms with Gasteiger partial charge in [0.25, 0.3) is 0 Å². The lowest BCUT2D eigenvalue weighted by atomic mass is 10.2. The molecule has 3 rings (SSSR count). The highest BCUT2D eigenvalue weighted by Crippen LogP contribution is 2.32. The molecule has 1 heterocycles. The molecule has 0 saturated carbocycles. The maximum absolute atomic E-state index is 11.6. The molecule has 1 aromatic heterocycles. The van der Waals surface area contributed by atoms with Gasteiger partial charge in [-0.15, -0.1) is 10.2 Å². The second kappa shape index (κ2) is 8.25. The van der Waals surface area contributed by atoms with Crippen LogP contribution in [0, 0.1) is 0 Å². The number of methoxy groups -OCH3 is 1. The molecule has 0 spiro atoms. The third kappa shape index (κ3) is 3.84. The van der Waals surface area contributed by atoms with Crippen LogP contribution < -0.4 is 10.1 Å². The Morgan fingerprint density at radius 1 is 1.19 bits per heavy atom. The fourth-order valence-corrected chi connectivity index (χ4v) is 3.39. The molecule has 0 radical (unpaired) electrons. The van der Waals surface area contributed by atoms with Crippen LogP contribution in [-0.2, 0) is 4.79 Å². The highest BCUT2D eigenvalue weighted by atomic mass is 35.5. The van der Waals surface area contributed by atoms with E-state index >= 15 is 0 Å². The van der Waals surface area contributed by atoms with Crippen molar-refractivity contribution >= 4 is 29.3 Å². The molecule has 134 valence electrons. The molecule has 0 fully saturated rings. The lowest BCUT2D eigenvalue weighted by Gasteiger charge is -2.11. The van der Waals surface area contributed by atoms with E-state index in [1.54, 1.807) is 20.2 Å². The zero-order valence-electron chi connectivity index (χ0n) is 14.3. The number of nitrogens with one attached hydrogen (secondary N) is 1. The molecule has 3 aromatic rings. The fourth-order valence-electron chi connectivity index (χ4n) is 2.35. The Balaban J connectivity index is 2.08. The van der Waals surface area contributed by atoms with Crippen molar-refractivity contribution in [2.24, 2.45) is 0 Å². The molecule has 0 atom stereocenters. The predicted octanol–water partition coefficient (Wildman–Crippen LogP) is 3.43. The summed E-state index contributed by atoms with van der Waals surface area (Å²) in [5, 5.41) is 12.4. The molecule has 0 aliphatic carbocycles. The molecule has 0 aliphatic rings. The van der Waals surface area contributed by atoms with Gasteiger partial charge in [0.2, 0.25) is 5.91 Å². The smallest absolute Gasteiger partial charge is 0.230 e. The van der Waals surface area contributed by atoms with E-state index in [-0.39, 0.29) is 11.7 Å². The minimum atomic E-state index is -0.0847. The predicted molar refractivity (Wildman–Crippen MR) is 103 cm³/mol. The van der Waals surface area contributed by atoms with Crippen LogP contribution in [0.25, 0.3) is 17.1 Å². The summed E-state index contributed by atoms with van der Waals surface area (Å²) >= 11 is 7.66. The molecule has 6 nitrogen and oxygen atoms in total. The number of ether oxygens (including phenoxy) is 1. The van der Waals surface area contributed by atoms with Crippen molar-refractivity contribution in [3.05, 3.63) is 53.6 Å². The number of nitrogens with zero attached hydrogens (tertiary/aromatic N) is 3. The van der Waals surface area contributed by atoms with Crippen molar-refractivity contribution in [2.75, 3.05) is 19.9 Å². The molecule has 0 bridgehead atoms. The number of carbonyl (C=O) groups is 1. The van der Waals surface area contributed by atoms with E-state index in [4.69, 9.17) is 16.3 Å². The maximum atomic E-state index is 11.6. The van der Waals surface area contributed by atoms with Crippen LogP contribution in [0.1, 0.15) is 0 Å². The molecule has 1 amide bonds. The standard InChI is InChI=1S/C18H17ClN4O2S/c1-20-16(24)11-26-18-22-21-17(14-5-3-4-6-15(14)19)23(18)12-7-9-13(25-2)10-8-12/h3-10H,11H2,1-2H3,(H,20,24). The first-order valence-corrected chi connectivity index (χ1v) is 9.18. The Kier molecular flexibility index (Phi) is 5.80. The monoisotopic (exact) mass is 388 g/mol. The van der Waals surface area contributed by atoms with Crippen LogP contribution in [0.2, 0.25) is 5.02 Å². The van der Waals surface area contributed by atoms with Gasteiger partial charge in [-0.2, -0.15) is 0 Å². The van der Waals surface area contributed by atoms with Gasteiger partial charge in [0, 0.05) is 18.3 Å². The van der Waals surface area contributed by atoms with Crippen molar-refractivity contribution in [1.29, 1.82) is 0 Å². The van der Waals surface area contributed by atoms with E-state index in [2.05, 4.69) is 15.5 Å². The minimum Gasteiger partial charge on any atom is -0.497 e. The Morgan fingerprint density at radius 3 is 2.58 bits per heavy atom. The first-order chi connectivity index (χ1) is 12.6. The number of hydrogen-bond acceptors (Lipinski definition) is 5. The molecule has 1 N–H and O–H groups in total. The number of aromatic nitrogens is 3. The van der Waals surface area contributed by atoms with Gasteiger partial charge in [-0.05, 0) is 36.4 Å². The van der Waals surface area contributed by atoms with Crippen molar-refractivity contribution in [3.8, 4) is 22.8 Å². The molecule has 0 saturated heterocycles. The van der Waals surface area contributed by atoms with E-state index < -0.39 is 0 Å². The summed E-state index contributed by atoms with van der Waals surface area (Å²) in [6, 6.07) is 15.0. The number of carbonyl (C=O) groups excluding carboxylic acids is 1. The lowest BCUT2D eigenvalue weighted by Crippen LogP contribution is -2.20. The van der Waals surface area contributed by atoms with Crippen molar-refractivity contribution < 1.29 is 9.53 Å². The van der Waals surface area contributed by atoms with E-state index in [9.17, 15) is 4.79 Å². The Hall–Kier alpha value is -2.51. The van der Waals surface area contributed by atoms with E-state index in [0.29, 0.717) is 16.0 Å². The highest BCUT2D eigenvalue weighted by molar-refractivity contribution is 7.99. The third-order valence-electron chi connectivity index (χ3n) is 3.69. The summed E-state index contributed by atoms with van der Waals surface area (Å²) in [7, 11) is 3.22. The van der Waals surface area contributed by atoms with Crippen molar-refractivity contribution in [1.82, 2.24) is 20.1 Å². The number of thioether (sulfide) groups is 1. The summed E-state index contributed by atoms with van der Waals surface area (Å²) in [5.74, 6) is 1.52. The molecule has 26 heavy (non-hydrogen) atoms. The van der Waals surface area contributed by atoms with Gasteiger partial charge in [-0.1, -0.05) is 35.5 Å². The zero-order valence-corrected chi connectivity index (χ0v) is 15.8. The summed E-state index contributed by atoms with van der Waals surface area (Å²) < 4.78 is 7.11. The van der Waals surface area contributed by atoms with E-state index in [1.165, 1.54) is 11.8 Å². The highest BCUT2D eigenvalue weighted by Gasteiger charge is 2.18. The van der Waals surface area contributed by atoms with Gasteiger partial charge in [0.15, 0.2) is 11.0 Å². The maximum Gasteiger partial charge on any atom is 0.230 e. The summed E-state index contributed by atoms with van der Waals surface area (Å²) in [6.45, 7) is 0. The van der Waals surface area contributed by atoms with Gasteiger partial charge in [0.1, 0.15) is 5.75 Å². The molecular weight excluding hydrogens is 372 g/mol. The molecule has 2 aromatic carbocycles. The largest absolute Gasteiger partial charge is 0.497 e.